The van der Waals surface area contributed by atoms with E-state index in [4.69, 9.17) is 0 Å². The van der Waals surface area contributed by atoms with E-state index in [2.05, 4.69) is 15.1 Å². The summed E-state index contributed by atoms with van der Waals surface area (Å²) >= 11 is 0. The van der Waals surface area contributed by atoms with Crippen LogP contribution in [0, 0.1) is 0 Å². The first kappa shape index (κ1) is 20.9. The second-order valence-corrected chi connectivity index (χ2v) is 7.23. The third-order valence-corrected chi connectivity index (χ3v) is 5.14. The average Bonchev–Trinajstić information content (AvgIpc) is 3.20. The molecule has 0 unspecified atom stereocenters. The molecule has 1 aliphatic heterocycles. The number of carboxylic acids is 1. The number of benzene rings is 2. The van der Waals surface area contributed by atoms with Gasteiger partial charge in [-0.05, 0) is 17.7 Å². The molecule has 0 bridgehead atoms. The number of hydrogen-bond acceptors (Lipinski definition) is 5. The topological polar surface area (TPSA) is 74.5 Å². The van der Waals surface area contributed by atoms with Crippen LogP contribution in [0.1, 0.15) is 21.6 Å². The maximum absolute atomic E-state index is 13.4. The van der Waals surface area contributed by atoms with Gasteiger partial charge in [-0.25, -0.2) is 4.79 Å². The lowest BCUT2D eigenvalue weighted by Crippen LogP contribution is -2.46. The molecule has 0 saturated carbocycles. The Labute approximate surface area is 176 Å². The van der Waals surface area contributed by atoms with Gasteiger partial charge in [0.2, 0.25) is 5.69 Å². The van der Waals surface area contributed by atoms with Crippen LogP contribution in [0.15, 0.2) is 54.6 Å². The molecule has 1 saturated heterocycles. The van der Waals surface area contributed by atoms with Gasteiger partial charge in [-0.15, -0.1) is 15.0 Å². The minimum Gasteiger partial charge on any atom is -0.476 e. The Balaban J connectivity index is 1.57. The molecule has 2 heterocycles. The van der Waals surface area contributed by atoms with Crippen molar-refractivity contribution in [2.24, 2.45) is 0 Å². The Morgan fingerprint density at radius 2 is 1.58 bits per heavy atom. The van der Waals surface area contributed by atoms with Gasteiger partial charge >= 0.3 is 12.1 Å². The van der Waals surface area contributed by atoms with Gasteiger partial charge in [-0.1, -0.05) is 42.5 Å². The summed E-state index contributed by atoms with van der Waals surface area (Å²) in [5.74, 6) is -1.26. The van der Waals surface area contributed by atoms with Crippen LogP contribution >= 0.6 is 0 Å². The van der Waals surface area contributed by atoms with Crippen molar-refractivity contribution in [2.45, 2.75) is 12.7 Å². The molecule has 10 heteroatoms. The van der Waals surface area contributed by atoms with Gasteiger partial charge in [-0.3, -0.25) is 4.90 Å². The van der Waals surface area contributed by atoms with Crippen LogP contribution in [-0.4, -0.2) is 57.1 Å². The van der Waals surface area contributed by atoms with E-state index >= 15 is 0 Å². The number of anilines is 1. The quantitative estimate of drug-likeness (QED) is 0.668. The van der Waals surface area contributed by atoms with Crippen molar-refractivity contribution in [2.75, 3.05) is 31.1 Å². The maximum Gasteiger partial charge on any atom is 0.418 e. The van der Waals surface area contributed by atoms with Crippen molar-refractivity contribution >= 4 is 11.8 Å². The average molecular weight is 431 g/mol. The maximum atomic E-state index is 13.4. The van der Waals surface area contributed by atoms with Crippen LogP contribution in [-0.2, 0) is 12.7 Å². The molecule has 0 spiro atoms. The lowest BCUT2D eigenvalue weighted by molar-refractivity contribution is -0.137. The first-order valence-electron chi connectivity index (χ1n) is 9.71. The predicted octanol–water partition coefficient (Wildman–Crippen LogP) is 3.31. The molecule has 1 fully saturated rings. The summed E-state index contributed by atoms with van der Waals surface area (Å²) in [4.78, 5) is 16.5. The fraction of sp³-hybridized carbons (Fsp3) is 0.286. The van der Waals surface area contributed by atoms with Crippen LogP contribution in [0.3, 0.4) is 0 Å². The molecule has 0 atom stereocenters. The number of halogens is 3. The number of para-hydroxylation sites is 1. The lowest BCUT2D eigenvalue weighted by atomic mass is 10.2. The lowest BCUT2D eigenvalue weighted by Gasteiger charge is -2.34. The Morgan fingerprint density at radius 1 is 0.935 bits per heavy atom. The van der Waals surface area contributed by atoms with E-state index in [1.807, 2.05) is 30.3 Å². The van der Waals surface area contributed by atoms with Crippen molar-refractivity contribution in [1.29, 1.82) is 0 Å². The number of alkyl halides is 3. The second-order valence-electron chi connectivity index (χ2n) is 7.23. The molecule has 31 heavy (non-hydrogen) atoms. The number of carbonyl (C=O) groups is 1. The molecule has 1 N–H and O–H groups in total. The largest absolute Gasteiger partial charge is 0.476 e. The van der Waals surface area contributed by atoms with Gasteiger partial charge in [0.1, 0.15) is 0 Å². The van der Waals surface area contributed by atoms with E-state index in [-0.39, 0.29) is 17.2 Å². The summed E-state index contributed by atoms with van der Waals surface area (Å²) in [6, 6.07) is 14.8. The SMILES string of the molecule is O=C(O)c1nn(-c2ccccc2C(F)(F)F)nc1N1CCN(Cc2ccccc2)CC1. The Kier molecular flexibility index (Phi) is 5.64. The first-order chi connectivity index (χ1) is 14.8. The van der Waals surface area contributed by atoms with Gasteiger partial charge in [0.25, 0.3) is 0 Å². The highest BCUT2D eigenvalue weighted by molar-refractivity contribution is 5.91. The van der Waals surface area contributed by atoms with Gasteiger partial charge < -0.3 is 10.0 Å². The van der Waals surface area contributed by atoms with E-state index in [1.165, 1.54) is 23.8 Å². The predicted molar refractivity (Wildman–Crippen MR) is 107 cm³/mol. The van der Waals surface area contributed by atoms with Crippen LogP contribution in [0.25, 0.3) is 5.69 Å². The molecule has 0 radical (unpaired) electrons. The fourth-order valence-electron chi connectivity index (χ4n) is 3.61. The molecule has 162 valence electrons. The summed E-state index contributed by atoms with van der Waals surface area (Å²) in [7, 11) is 0. The van der Waals surface area contributed by atoms with Crippen LogP contribution < -0.4 is 4.90 Å². The molecule has 0 aliphatic carbocycles. The van der Waals surface area contributed by atoms with E-state index in [0.717, 1.165) is 17.4 Å². The molecule has 1 aliphatic rings. The number of nitrogens with zero attached hydrogens (tertiary/aromatic N) is 5. The van der Waals surface area contributed by atoms with Gasteiger partial charge in [0.05, 0.1) is 11.3 Å². The summed E-state index contributed by atoms with van der Waals surface area (Å²) < 4.78 is 40.1. The third kappa shape index (κ3) is 4.53. The summed E-state index contributed by atoms with van der Waals surface area (Å²) in [5.41, 5.74) is -0.432. The highest BCUT2D eigenvalue weighted by Gasteiger charge is 2.35. The molecule has 2 aromatic carbocycles. The molecular formula is C21H20F3N5O2. The second kappa shape index (κ2) is 8.38. The van der Waals surface area contributed by atoms with Crippen LogP contribution in [0.4, 0.5) is 19.0 Å². The smallest absolute Gasteiger partial charge is 0.418 e. The Morgan fingerprint density at radius 3 is 2.23 bits per heavy atom. The highest BCUT2D eigenvalue weighted by Crippen LogP contribution is 2.33. The molecule has 3 aromatic rings. The standard InChI is InChI=1S/C21H20F3N5O2/c22-21(23,24)16-8-4-5-9-17(16)29-25-18(20(30)31)19(26-29)28-12-10-27(11-13-28)14-15-6-2-1-3-7-15/h1-9H,10-14H2,(H,30,31). The normalized spacial score (nSPS) is 15.3. The van der Waals surface area contributed by atoms with Crippen molar-refractivity contribution < 1.29 is 23.1 Å². The number of aromatic nitrogens is 3. The van der Waals surface area contributed by atoms with Crippen molar-refractivity contribution in [3.63, 3.8) is 0 Å². The van der Waals surface area contributed by atoms with Gasteiger partial charge in [0.15, 0.2) is 5.82 Å². The van der Waals surface area contributed by atoms with Crippen molar-refractivity contribution in [3.8, 4) is 5.69 Å². The molecular weight excluding hydrogens is 411 g/mol. The number of piperazine rings is 1. The van der Waals surface area contributed by atoms with Gasteiger partial charge in [-0.2, -0.15) is 13.2 Å². The molecule has 7 nitrogen and oxygen atoms in total. The van der Waals surface area contributed by atoms with E-state index < -0.39 is 17.7 Å². The number of rotatable bonds is 5. The van der Waals surface area contributed by atoms with Crippen molar-refractivity contribution in [1.82, 2.24) is 19.9 Å². The van der Waals surface area contributed by atoms with E-state index in [1.54, 1.807) is 4.90 Å². The molecule has 4 rings (SSSR count). The molecule has 1 aromatic heterocycles. The van der Waals surface area contributed by atoms with Crippen LogP contribution in [0.5, 0.6) is 0 Å². The van der Waals surface area contributed by atoms with Crippen LogP contribution in [0.2, 0.25) is 0 Å². The fourth-order valence-corrected chi connectivity index (χ4v) is 3.61. The third-order valence-electron chi connectivity index (χ3n) is 5.14. The zero-order valence-electron chi connectivity index (χ0n) is 16.5. The summed E-state index contributed by atoms with van der Waals surface area (Å²) in [6.45, 7) is 3.09. The first-order valence-corrected chi connectivity index (χ1v) is 9.71. The monoisotopic (exact) mass is 431 g/mol. The zero-order chi connectivity index (χ0) is 22.0. The van der Waals surface area contributed by atoms with Crippen molar-refractivity contribution in [3.05, 3.63) is 71.4 Å². The highest BCUT2D eigenvalue weighted by atomic mass is 19.4. The summed E-state index contributed by atoms with van der Waals surface area (Å²) in [5, 5.41) is 17.6. The summed E-state index contributed by atoms with van der Waals surface area (Å²) in [6.07, 6.45) is -4.61. The van der Waals surface area contributed by atoms with E-state index in [0.29, 0.717) is 26.2 Å². The van der Waals surface area contributed by atoms with Gasteiger partial charge in [0, 0.05) is 32.7 Å². The van der Waals surface area contributed by atoms with E-state index in [9.17, 15) is 23.1 Å². The number of aromatic carboxylic acids is 1. The Bertz CT molecular complexity index is 1060. The number of hydrogen-bond donors (Lipinski definition) is 1. The zero-order valence-corrected chi connectivity index (χ0v) is 16.5. The number of carboxylic acid groups (broad SMARTS) is 1. The Hall–Kier alpha value is -3.40. The minimum absolute atomic E-state index is 0.0730. The minimum atomic E-state index is -4.61. The molecule has 0 amide bonds.